The number of nitriles is 1. The third-order valence-electron chi connectivity index (χ3n) is 6.15. The van der Waals surface area contributed by atoms with Crippen LogP contribution in [0.3, 0.4) is 0 Å². The Morgan fingerprint density at radius 2 is 1.96 bits per heavy atom. The van der Waals surface area contributed by atoms with Gasteiger partial charge in [-0.05, 0) is 68.2 Å². The van der Waals surface area contributed by atoms with Gasteiger partial charge in [-0.1, -0.05) is 19.9 Å². The number of benzene rings is 1. The van der Waals surface area contributed by atoms with Crippen molar-refractivity contribution in [1.29, 1.82) is 5.26 Å². The van der Waals surface area contributed by atoms with Crippen LogP contribution in [0.5, 0.6) is 0 Å². The number of fused-ring (bicyclic) bond motifs is 1. The Bertz CT molecular complexity index is 660. The van der Waals surface area contributed by atoms with Crippen LogP contribution in [0.1, 0.15) is 57.2 Å². The fourth-order valence-corrected chi connectivity index (χ4v) is 5.25. The van der Waals surface area contributed by atoms with Crippen molar-refractivity contribution in [2.24, 2.45) is 11.8 Å². The Hall–Kier alpha value is -1.37. The molecule has 1 aliphatic carbocycles. The molecule has 0 aromatic heterocycles. The van der Waals surface area contributed by atoms with Crippen molar-refractivity contribution in [1.82, 2.24) is 5.06 Å². The molecule has 0 spiro atoms. The van der Waals surface area contributed by atoms with Gasteiger partial charge in [0.15, 0.2) is 0 Å². The molecule has 3 heteroatoms. The highest BCUT2D eigenvalue weighted by Crippen LogP contribution is 2.53. The van der Waals surface area contributed by atoms with Crippen LogP contribution in [0.4, 0.5) is 0 Å². The lowest BCUT2D eigenvalue weighted by Gasteiger charge is -2.47. The molecule has 1 heterocycles. The Morgan fingerprint density at radius 3 is 2.61 bits per heavy atom. The number of rotatable bonds is 1. The molecule has 1 aromatic carbocycles. The number of aryl methyl sites for hydroxylation is 1. The van der Waals surface area contributed by atoms with Gasteiger partial charge < -0.3 is 0 Å². The summed E-state index contributed by atoms with van der Waals surface area (Å²) in [5.74, 6) is 1.07. The molecule has 1 saturated carbocycles. The molecule has 2 fully saturated rings. The Kier molecular flexibility index (Phi) is 3.82. The zero-order chi connectivity index (χ0) is 17.0. The highest BCUT2D eigenvalue weighted by Gasteiger charge is 2.55. The molecular formula is C20H28N2O. The first-order chi connectivity index (χ1) is 10.7. The third kappa shape index (κ3) is 2.58. The normalized spacial score (nSPS) is 36.5. The summed E-state index contributed by atoms with van der Waals surface area (Å²) in [4.78, 5) is 6.15. The van der Waals surface area contributed by atoms with E-state index in [-0.39, 0.29) is 11.0 Å². The van der Waals surface area contributed by atoms with Gasteiger partial charge in [0.25, 0.3) is 0 Å². The van der Waals surface area contributed by atoms with Crippen LogP contribution < -0.4 is 0 Å². The standard InChI is InChI=1S/C20H28N2O/c1-13-7-8-15(12-21)9-16(13)20(5)10-14(2)18-17(11-20)19(3,4)23-22(18)6/h7-9,14,17-18H,10-11H2,1-6H3. The first-order valence-electron chi connectivity index (χ1n) is 8.61. The number of hydroxylamine groups is 2. The van der Waals surface area contributed by atoms with Crippen LogP contribution in [0.15, 0.2) is 18.2 Å². The molecule has 0 bridgehead atoms. The van der Waals surface area contributed by atoms with Crippen molar-refractivity contribution in [2.45, 2.75) is 64.5 Å². The van der Waals surface area contributed by atoms with E-state index in [0.29, 0.717) is 17.9 Å². The zero-order valence-corrected chi connectivity index (χ0v) is 15.2. The maximum Gasteiger partial charge on any atom is 0.0991 e. The van der Waals surface area contributed by atoms with Crippen LogP contribution >= 0.6 is 0 Å². The fraction of sp³-hybridized carbons (Fsp3) is 0.650. The molecule has 3 rings (SSSR count). The van der Waals surface area contributed by atoms with Gasteiger partial charge in [0.05, 0.1) is 17.2 Å². The Labute approximate surface area is 140 Å². The number of hydrogen-bond acceptors (Lipinski definition) is 3. The molecule has 3 nitrogen and oxygen atoms in total. The van der Waals surface area contributed by atoms with Gasteiger partial charge in [0, 0.05) is 19.0 Å². The van der Waals surface area contributed by atoms with Crippen molar-refractivity contribution in [3.8, 4) is 6.07 Å². The minimum atomic E-state index is -0.129. The van der Waals surface area contributed by atoms with E-state index in [1.54, 1.807) is 0 Å². The summed E-state index contributed by atoms with van der Waals surface area (Å²) in [5, 5.41) is 11.4. The van der Waals surface area contributed by atoms with Crippen LogP contribution in [0.2, 0.25) is 0 Å². The largest absolute Gasteiger partial charge is 0.293 e. The van der Waals surface area contributed by atoms with Gasteiger partial charge >= 0.3 is 0 Å². The maximum absolute atomic E-state index is 9.28. The van der Waals surface area contributed by atoms with Crippen LogP contribution in [-0.2, 0) is 10.3 Å². The summed E-state index contributed by atoms with van der Waals surface area (Å²) in [6.45, 7) is 11.3. The molecule has 0 radical (unpaired) electrons. The van der Waals surface area contributed by atoms with Crippen molar-refractivity contribution in [3.05, 3.63) is 34.9 Å². The second-order valence-electron chi connectivity index (χ2n) is 8.43. The first-order valence-corrected chi connectivity index (χ1v) is 8.61. The van der Waals surface area contributed by atoms with Gasteiger partial charge in [0.2, 0.25) is 0 Å². The quantitative estimate of drug-likeness (QED) is 0.780. The molecule has 1 aromatic rings. The van der Waals surface area contributed by atoms with Gasteiger partial charge in [-0.15, -0.1) is 0 Å². The van der Waals surface area contributed by atoms with E-state index in [9.17, 15) is 5.26 Å². The fourth-order valence-electron chi connectivity index (χ4n) is 5.25. The Morgan fingerprint density at radius 1 is 1.26 bits per heavy atom. The van der Waals surface area contributed by atoms with Gasteiger partial charge in [-0.2, -0.15) is 10.3 Å². The smallest absolute Gasteiger partial charge is 0.0991 e. The average Bonchev–Trinajstić information content (AvgIpc) is 2.68. The summed E-state index contributed by atoms with van der Waals surface area (Å²) in [7, 11) is 2.08. The van der Waals surface area contributed by atoms with Crippen LogP contribution in [0, 0.1) is 30.1 Å². The molecule has 4 unspecified atom stereocenters. The molecular weight excluding hydrogens is 284 g/mol. The second kappa shape index (κ2) is 5.33. The summed E-state index contributed by atoms with van der Waals surface area (Å²) in [6, 6.07) is 8.91. The lowest BCUT2D eigenvalue weighted by atomic mass is 9.58. The van der Waals surface area contributed by atoms with E-state index in [0.717, 1.165) is 18.4 Å². The van der Waals surface area contributed by atoms with E-state index in [1.807, 2.05) is 6.07 Å². The third-order valence-corrected chi connectivity index (χ3v) is 6.15. The van der Waals surface area contributed by atoms with E-state index in [1.165, 1.54) is 11.1 Å². The van der Waals surface area contributed by atoms with Crippen molar-refractivity contribution in [3.63, 3.8) is 0 Å². The molecule has 124 valence electrons. The number of nitrogens with zero attached hydrogens (tertiary/aromatic N) is 2. The molecule has 2 aliphatic rings. The highest BCUT2D eigenvalue weighted by atomic mass is 16.7. The van der Waals surface area contributed by atoms with E-state index in [2.05, 4.69) is 64.9 Å². The second-order valence-corrected chi connectivity index (χ2v) is 8.43. The molecule has 0 amide bonds. The van der Waals surface area contributed by atoms with E-state index in [4.69, 9.17) is 4.84 Å². The average molecular weight is 312 g/mol. The van der Waals surface area contributed by atoms with Crippen LogP contribution in [-0.4, -0.2) is 23.8 Å². The predicted octanol–water partition coefficient (Wildman–Crippen LogP) is 4.19. The summed E-state index contributed by atoms with van der Waals surface area (Å²) in [6.07, 6.45) is 2.24. The molecule has 1 aliphatic heterocycles. The van der Waals surface area contributed by atoms with Crippen molar-refractivity contribution < 1.29 is 4.84 Å². The van der Waals surface area contributed by atoms with Gasteiger partial charge in [-0.25, -0.2) is 0 Å². The zero-order valence-electron chi connectivity index (χ0n) is 15.2. The highest BCUT2D eigenvalue weighted by molar-refractivity contribution is 5.42. The minimum absolute atomic E-state index is 0.101. The summed E-state index contributed by atoms with van der Waals surface area (Å²) >= 11 is 0. The molecule has 1 saturated heterocycles. The van der Waals surface area contributed by atoms with Crippen molar-refractivity contribution >= 4 is 0 Å². The van der Waals surface area contributed by atoms with Crippen LogP contribution in [0.25, 0.3) is 0 Å². The predicted molar refractivity (Wildman–Crippen MR) is 91.8 cm³/mol. The molecule has 4 atom stereocenters. The first kappa shape index (κ1) is 16.5. The van der Waals surface area contributed by atoms with Gasteiger partial charge in [0.1, 0.15) is 0 Å². The topological polar surface area (TPSA) is 36.3 Å². The van der Waals surface area contributed by atoms with E-state index >= 15 is 0 Å². The van der Waals surface area contributed by atoms with E-state index < -0.39 is 0 Å². The molecule has 0 N–H and O–H groups in total. The van der Waals surface area contributed by atoms with Crippen molar-refractivity contribution in [2.75, 3.05) is 7.05 Å². The lowest BCUT2D eigenvalue weighted by Crippen LogP contribution is -2.48. The van der Waals surface area contributed by atoms with Gasteiger partial charge in [-0.3, -0.25) is 4.84 Å². The molecule has 23 heavy (non-hydrogen) atoms. The lowest BCUT2D eigenvalue weighted by molar-refractivity contribution is -0.182. The SMILES string of the molecule is Cc1ccc(C#N)cc1C1(C)CC(C)C2C(C1)C(C)(C)ON2C. The summed E-state index contributed by atoms with van der Waals surface area (Å²) < 4.78 is 0. The Balaban J connectivity index is 2.03. The maximum atomic E-state index is 9.28. The minimum Gasteiger partial charge on any atom is -0.293 e. The monoisotopic (exact) mass is 312 g/mol. The summed E-state index contributed by atoms with van der Waals surface area (Å²) in [5.41, 5.74) is 3.37. The number of hydrogen-bond donors (Lipinski definition) is 0.